The maximum absolute atomic E-state index is 9.02. The van der Waals surface area contributed by atoms with E-state index in [1.807, 2.05) is 12.1 Å². The molecule has 2 nitrogen and oxygen atoms in total. The summed E-state index contributed by atoms with van der Waals surface area (Å²) >= 11 is 0. The number of hydrogen-bond acceptors (Lipinski definition) is 2. The van der Waals surface area contributed by atoms with Crippen molar-refractivity contribution in [1.82, 2.24) is 0 Å². The van der Waals surface area contributed by atoms with Gasteiger partial charge in [0.05, 0.1) is 18.6 Å². The standard InChI is InChI=1S/C8H13NO/c1-2-3-4-5-8(10)6-7-9/h2,8,10H,1,3-6H2. The van der Waals surface area contributed by atoms with Gasteiger partial charge in [0, 0.05) is 0 Å². The molecule has 1 unspecified atom stereocenters. The fourth-order valence-electron chi connectivity index (χ4n) is 0.705. The molecule has 0 rings (SSSR count). The second kappa shape index (κ2) is 6.31. The highest BCUT2D eigenvalue weighted by Gasteiger charge is 2.00. The molecule has 0 aromatic carbocycles. The van der Waals surface area contributed by atoms with Gasteiger partial charge in [0.15, 0.2) is 0 Å². The van der Waals surface area contributed by atoms with Crippen molar-refractivity contribution in [1.29, 1.82) is 5.26 Å². The van der Waals surface area contributed by atoms with Gasteiger partial charge in [-0.1, -0.05) is 6.08 Å². The van der Waals surface area contributed by atoms with Crippen LogP contribution in [0.2, 0.25) is 0 Å². The molecule has 0 radical (unpaired) electrons. The number of unbranched alkanes of at least 4 members (excludes halogenated alkanes) is 1. The lowest BCUT2D eigenvalue weighted by Gasteiger charge is -2.02. The molecule has 1 N–H and O–H groups in total. The lowest BCUT2D eigenvalue weighted by atomic mass is 10.1. The van der Waals surface area contributed by atoms with Gasteiger partial charge in [0.25, 0.3) is 0 Å². The zero-order valence-electron chi connectivity index (χ0n) is 6.08. The Bertz CT molecular complexity index is 126. The van der Waals surface area contributed by atoms with Crippen molar-refractivity contribution >= 4 is 0 Å². The summed E-state index contributed by atoms with van der Waals surface area (Å²) in [6, 6.07) is 1.92. The number of nitriles is 1. The second-order valence-electron chi connectivity index (χ2n) is 2.24. The van der Waals surface area contributed by atoms with Gasteiger partial charge in [-0.05, 0) is 19.3 Å². The summed E-state index contributed by atoms with van der Waals surface area (Å²) in [5.41, 5.74) is 0. The molecule has 10 heavy (non-hydrogen) atoms. The summed E-state index contributed by atoms with van der Waals surface area (Å²) in [6.45, 7) is 3.56. The lowest BCUT2D eigenvalue weighted by Crippen LogP contribution is -2.03. The highest BCUT2D eigenvalue weighted by Crippen LogP contribution is 2.03. The zero-order chi connectivity index (χ0) is 7.82. The molecule has 56 valence electrons. The minimum Gasteiger partial charge on any atom is -0.392 e. The second-order valence-corrected chi connectivity index (χ2v) is 2.24. The Morgan fingerprint density at radius 3 is 2.90 bits per heavy atom. The van der Waals surface area contributed by atoms with Crippen LogP contribution in [0.25, 0.3) is 0 Å². The van der Waals surface area contributed by atoms with E-state index in [0.29, 0.717) is 6.42 Å². The quantitative estimate of drug-likeness (QED) is 0.464. The van der Waals surface area contributed by atoms with Gasteiger partial charge in [0.2, 0.25) is 0 Å². The Morgan fingerprint density at radius 2 is 2.40 bits per heavy atom. The van der Waals surface area contributed by atoms with E-state index in [2.05, 4.69) is 6.58 Å². The molecule has 0 aliphatic rings. The van der Waals surface area contributed by atoms with Crippen LogP contribution in [-0.2, 0) is 0 Å². The van der Waals surface area contributed by atoms with E-state index in [-0.39, 0.29) is 6.42 Å². The third-order valence-corrected chi connectivity index (χ3v) is 1.27. The van der Waals surface area contributed by atoms with Crippen molar-refractivity contribution in [2.45, 2.75) is 31.8 Å². The van der Waals surface area contributed by atoms with Crippen molar-refractivity contribution in [3.63, 3.8) is 0 Å². The molecule has 2 heteroatoms. The molecule has 0 saturated carbocycles. The predicted molar refractivity (Wildman–Crippen MR) is 40.3 cm³/mol. The fraction of sp³-hybridized carbons (Fsp3) is 0.625. The van der Waals surface area contributed by atoms with Gasteiger partial charge < -0.3 is 5.11 Å². The SMILES string of the molecule is C=CCCCC(O)CC#N. The number of nitrogens with zero attached hydrogens (tertiary/aromatic N) is 1. The molecule has 0 amide bonds. The maximum Gasteiger partial charge on any atom is 0.0670 e. The third kappa shape index (κ3) is 5.33. The maximum atomic E-state index is 9.02. The first kappa shape index (κ1) is 9.19. The Hall–Kier alpha value is -0.810. The van der Waals surface area contributed by atoms with Crippen LogP contribution >= 0.6 is 0 Å². The van der Waals surface area contributed by atoms with Crippen LogP contribution in [0.5, 0.6) is 0 Å². The van der Waals surface area contributed by atoms with E-state index in [1.54, 1.807) is 0 Å². The summed E-state index contributed by atoms with van der Waals surface area (Å²) in [5, 5.41) is 17.2. The van der Waals surface area contributed by atoms with E-state index >= 15 is 0 Å². The van der Waals surface area contributed by atoms with Crippen molar-refractivity contribution in [3.8, 4) is 6.07 Å². The minimum absolute atomic E-state index is 0.247. The molecule has 0 fully saturated rings. The summed E-state index contributed by atoms with van der Waals surface area (Å²) < 4.78 is 0. The first-order valence-electron chi connectivity index (χ1n) is 3.47. The predicted octanol–water partition coefficient (Wildman–Crippen LogP) is 1.62. The van der Waals surface area contributed by atoms with Crippen LogP contribution in [-0.4, -0.2) is 11.2 Å². The third-order valence-electron chi connectivity index (χ3n) is 1.27. The summed E-state index contributed by atoms with van der Waals surface area (Å²) in [5.74, 6) is 0. The first-order chi connectivity index (χ1) is 4.81. The van der Waals surface area contributed by atoms with Crippen molar-refractivity contribution < 1.29 is 5.11 Å². The van der Waals surface area contributed by atoms with Crippen LogP contribution in [0.4, 0.5) is 0 Å². The molecule has 0 saturated heterocycles. The minimum atomic E-state index is -0.440. The van der Waals surface area contributed by atoms with Crippen molar-refractivity contribution in [2.24, 2.45) is 0 Å². The molecule has 0 spiro atoms. The van der Waals surface area contributed by atoms with Crippen LogP contribution in [0.3, 0.4) is 0 Å². The molecule has 0 aromatic heterocycles. The highest BCUT2D eigenvalue weighted by molar-refractivity contribution is 4.76. The summed E-state index contributed by atoms with van der Waals surface area (Å²) in [7, 11) is 0. The number of allylic oxidation sites excluding steroid dienone is 1. The zero-order valence-corrected chi connectivity index (χ0v) is 6.08. The Kier molecular flexibility index (Phi) is 5.80. The molecule has 0 heterocycles. The normalized spacial score (nSPS) is 12.0. The fourth-order valence-corrected chi connectivity index (χ4v) is 0.705. The first-order valence-corrected chi connectivity index (χ1v) is 3.47. The van der Waals surface area contributed by atoms with Crippen LogP contribution < -0.4 is 0 Å². The largest absolute Gasteiger partial charge is 0.392 e. The van der Waals surface area contributed by atoms with Gasteiger partial charge in [-0.15, -0.1) is 6.58 Å². The summed E-state index contributed by atoms with van der Waals surface area (Å²) in [6.07, 6.45) is 4.18. The lowest BCUT2D eigenvalue weighted by molar-refractivity contribution is 0.167. The molecule has 1 atom stereocenters. The van der Waals surface area contributed by atoms with E-state index in [9.17, 15) is 0 Å². The smallest absolute Gasteiger partial charge is 0.0670 e. The number of aliphatic hydroxyl groups excluding tert-OH is 1. The number of rotatable bonds is 5. The van der Waals surface area contributed by atoms with Crippen molar-refractivity contribution in [2.75, 3.05) is 0 Å². The van der Waals surface area contributed by atoms with Gasteiger partial charge in [-0.25, -0.2) is 0 Å². The van der Waals surface area contributed by atoms with E-state index in [1.165, 1.54) is 0 Å². The number of aliphatic hydroxyl groups is 1. The highest BCUT2D eigenvalue weighted by atomic mass is 16.3. The Labute approximate surface area is 61.8 Å². The Balaban J connectivity index is 3.14. The van der Waals surface area contributed by atoms with Crippen LogP contribution in [0, 0.1) is 11.3 Å². The molecule has 0 bridgehead atoms. The average molecular weight is 139 g/mol. The van der Waals surface area contributed by atoms with Gasteiger partial charge >= 0.3 is 0 Å². The van der Waals surface area contributed by atoms with Gasteiger partial charge in [-0.2, -0.15) is 5.26 Å². The monoisotopic (exact) mass is 139 g/mol. The molecule has 0 aliphatic carbocycles. The number of hydrogen-bond donors (Lipinski definition) is 1. The van der Waals surface area contributed by atoms with Crippen molar-refractivity contribution in [3.05, 3.63) is 12.7 Å². The van der Waals surface area contributed by atoms with E-state index in [4.69, 9.17) is 10.4 Å². The molecule has 0 aliphatic heterocycles. The Morgan fingerprint density at radius 1 is 1.70 bits per heavy atom. The van der Waals surface area contributed by atoms with Crippen LogP contribution in [0.15, 0.2) is 12.7 Å². The van der Waals surface area contributed by atoms with Gasteiger partial charge in [0.1, 0.15) is 0 Å². The van der Waals surface area contributed by atoms with E-state index in [0.717, 1.165) is 12.8 Å². The molecular weight excluding hydrogens is 126 g/mol. The molecular formula is C8H13NO. The summed E-state index contributed by atoms with van der Waals surface area (Å²) in [4.78, 5) is 0. The average Bonchev–Trinajstić information content (AvgIpc) is 1.89. The van der Waals surface area contributed by atoms with Crippen LogP contribution in [0.1, 0.15) is 25.7 Å². The molecule has 0 aromatic rings. The van der Waals surface area contributed by atoms with Gasteiger partial charge in [-0.3, -0.25) is 0 Å². The van der Waals surface area contributed by atoms with E-state index < -0.39 is 6.10 Å². The topological polar surface area (TPSA) is 44.0 Å².